The number of aryl methyl sites for hydroxylation is 2. The first-order chi connectivity index (χ1) is 13.3. The van der Waals surface area contributed by atoms with Gasteiger partial charge in [0.25, 0.3) is 0 Å². The molecule has 3 nitrogen and oxygen atoms in total. The van der Waals surface area contributed by atoms with Crippen LogP contribution in [0.25, 0.3) is 0 Å². The third-order valence-corrected chi connectivity index (χ3v) is 5.32. The number of aromatic nitrogens is 1. The second-order valence-corrected chi connectivity index (χ2v) is 7.03. The topological polar surface area (TPSA) is 48.7 Å². The Morgan fingerprint density at radius 3 is 2.70 bits per heavy atom. The molecule has 2 aromatic carbocycles. The van der Waals surface area contributed by atoms with E-state index in [1.807, 2.05) is 18.3 Å². The quantitative estimate of drug-likeness (QED) is 0.677. The minimum atomic E-state index is 0.803. The Kier molecular flexibility index (Phi) is 5.16. The van der Waals surface area contributed by atoms with Crippen LogP contribution in [0.5, 0.6) is 0 Å². The SMILES string of the molecule is N#Cc1cccc2c1CCc1nccc(NCCCc3ccccc3)c1C2. The maximum Gasteiger partial charge on any atom is 0.0994 e. The summed E-state index contributed by atoms with van der Waals surface area (Å²) in [4.78, 5) is 4.63. The van der Waals surface area contributed by atoms with Gasteiger partial charge in [0.15, 0.2) is 0 Å². The van der Waals surface area contributed by atoms with E-state index in [0.717, 1.165) is 49.9 Å². The Bertz CT molecular complexity index is 971. The zero-order valence-electron chi connectivity index (χ0n) is 15.4. The molecule has 1 aromatic heterocycles. The molecule has 3 heteroatoms. The van der Waals surface area contributed by atoms with E-state index in [1.54, 1.807) is 0 Å². The number of nitrogens with one attached hydrogen (secondary N) is 1. The molecule has 0 spiro atoms. The molecule has 0 amide bonds. The Balaban J connectivity index is 1.49. The highest BCUT2D eigenvalue weighted by Crippen LogP contribution is 2.29. The van der Waals surface area contributed by atoms with Gasteiger partial charge in [0.05, 0.1) is 11.6 Å². The van der Waals surface area contributed by atoms with E-state index in [-0.39, 0.29) is 0 Å². The fraction of sp³-hybridized carbons (Fsp3) is 0.250. The summed E-state index contributed by atoms with van der Waals surface area (Å²) in [6, 6.07) is 21.1. The fourth-order valence-corrected chi connectivity index (χ4v) is 3.91. The van der Waals surface area contributed by atoms with Crippen LogP contribution >= 0.6 is 0 Å². The lowest BCUT2D eigenvalue weighted by Crippen LogP contribution is -2.08. The molecule has 134 valence electrons. The second-order valence-electron chi connectivity index (χ2n) is 7.03. The van der Waals surface area contributed by atoms with Crippen LogP contribution in [0.1, 0.15) is 39.9 Å². The van der Waals surface area contributed by atoms with Crippen LogP contribution in [0.15, 0.2) is 60.8 Å². The number of hydrogen-bond donors (Lipinski definition) is 1. The monoisotopic (exact) mass is 353 g/mol. The Morgan fingerprint density at radius 1 is 0.963 bits per heavy atom. The molecule has 0 unspecified atom stereocenters. The highest BCUT2D eigenvalue weighted by Gasteiger charge is 2.19. The molecule has 4 rings (SSSR count). The summed E-state index contributed by atoms with van der Waals surface area (Å²) in [6.07, 6.45) is 6.69. The van der Waals surface area contributed by atoms with Gasteiger partial charge in [0.2, 0.25) is 0 Å². The number of nitriles is 1. The summed E-state index contributed by atoms with van der Waals surface area (Å²) in [5.41, 5.74) is 8.25. The highest BCUT2D eigenvalue weighted by atomic mass is 14.9. The van der Waals surface area contributed by atoms with Crippen molar-refractivity contribution >= 4 is 5.69 Å². The van der Waals surface area contributed by atoms with Crippen molar-refractivity contribution in [2.75, 3.05) is 11.9 Å². The lowest BCUT2D eigenvalue weighted by Gasteiger charge is -2.14. The van der Waals surface area contributed by atoms with Crippen LogP contribution in [0.3, 0.4) is 0 Å². The molecule has 0 saturated carbocycles. The van der Waals surface area contributed by atoms with E-state index in [9.17, 15) is 5.26 Å². The number of pyridine rings is 1. The molecule has 0 aliphatic heterocycles. The van der Waals surface area contributed by atoms with Gasteiger partial charge >= 0.3 is 0 Å². The molecule has 0 radical (unpaired) electrons. The minimum Gasteiger partial charge on any atom is -0.385 e. The first-order valence-electron chi connectivity index (χ1n) is 9.60. The molecule has 1 heterocycles. The Hall–Kier alpha value is -3.12. The average molecular weight is 353 g/mol. The molecule has 0 bridgehead atoms. The summed E-state index contributed by atoms with van der Waals surface area (Å²) in [6.45, 7) is 0.941. The minimum absolute atomic E-state index is 0.803. The predicted molar refractivity (Wildman–Crippen MR) is 109 cm³/mol. The fourth-order valence-electron chi connectivity index (χ4n) is 3.91. The molecule has 0 atom stereocenters. The van der Waals surface area contributed by atoms with Gasteiger partial charge in [-0.3, -0.25) is 4.98 Å². The molecule has 0 saturated heterocycles. The van der Waals surface area contributed by atoms with E-state index in [2.05, 4.69) is 58.8 Å². The standard InChI is InChI=1S/C24H23N3/c25-17-20-10-4-9-19-16-22-23(12-11-21(19)20)27-15-13-24(22)26-14-5-8-18-6-2-1-3-7-18/h1-4,6-7,9-10,13,15H,5,8,11-12,14,16H2,(H,26,27). The zero-order chi connectivity index (χ0) is 18.5. The van der Waals surface area contributed by atoms with Crippen molar-refractivity contribution in [1.29, 1.82) is 5.26 Å². The van der Waals surface area contributed by atoms with Crippen LogP contribution in [-0.4, -0.2) is 11.5 Å². The van der Waals surface area contributed by atoms with Gasteiger partial charge in [0.1, 0.15) is 0 Å². The zero-order valence-corrected chi connectivity index (χ0v) is 15.4. The molecule has 0 fully saturated rings. The van der Waals surface area contributed by atoms with E-state index < -0.39 is 0 Å². The first kappa shape index (κ1) is 17.3. The van der Waals surface area contributed by atoms with Crippen molar-refractivity contribution < 1.29 is 0 Å². The Labute approximate surface area is 160 Å². The van der Waals surface area contributed by atoms with E-state index in [0.29, 0.717) is 0 Å². The summed E-state index contributed by atoms with van der Waals surface area (Å²) >= 11 is 0. The van der Waals surface area contributed by atoms with Crippen LogP contribution in [0.2, 0.25) is 0 Å². The lowest BCUT2D eigenvalue weighted by atomic mass is 9.96. The smallest absolute Gasteiger partial charge is 0.0994 e. The van der Waals surface area contributed by atoms with E-state index in [4.69, 9.17) is 0 Å². The third-order valence-electron chi connectivity index (χ3n) is 5.32. The van der Waals surface area contributed by atoms with Gasteiger partial charge in [-0.05, 0) is 54.5 Å². The molecular weight excluding hydrogens is 330 g/mol. The molecule has 1 aliphatic rings. The number of hydrogen-bond acceptors (Lipinski definition) is 3. The third kappa shape index (κ3) is 3.85. The van der Waals surface area contributed by atoms with E-state index in [1.165, 1.54) is 27.9 Å². The van der Waals surface area contributed by atoms with Crippen molar-refractivity contribution in [3.8, 4) is 6.07 Å². The average Bonchev–Trinajstić information content (AvgIpc) is 2.91. The van der Waals surface area contributed by atoms with Gasteiger partial charge < -0.3 is 5.32 Å². The normalized spacial score (nSPS) is 12.4. The van der Waals surface area contributed by atoms with Crippen LogP contribution in [0.4, 0.5) is 5.69 Å². The van der Waals surface area contributed by atoms with Gasteiger partial charge in [-0.1, -0.05) is 42.5 Å². The van der Waals surface area contributed by atoms with E-state index >= 15 is 0 Å². The van der Waals surface area contributed by atoms with Gasteiger partial charge in [0, 0.05) is 36.1 Å². The summed E-state index contributed by atoms with van der Waals surface area (Å²) in [5.74, 6) is 0. The maximum absolute atomic E-state index is 9.42. The number of benzene rings is 2. The number of nitrogens with zero attached hydrogens (tertiary/aromatic N) is 2. The highest BCUT2D eigenvalue weighted by molar-refractivity contribution is 5.57. The van der Waals surface area contributed by atoms with Crippen LogP contribution < -0.4 is 5.32 Å². The predicted octanol–water partition coefficient (Wildman–Crippen LogP) is 4.69. The molecule has 27 heavy (non-hydrogen) atoms. The summed E-state index contributed by atoms with van der Waals surface area (Å²) in [7, 11) is 0. The first-order valence-corrected chi connectivity index (χ1v) is 9.60. The van der Waals surface area contributed by atoms with Gasteiger partial charge in [-0.2, -0.15) is 5.26 Å². The Morgan fingerprint density at radius 2 is 1.85 bits per heavy atom. The largest absolute Gasteiger partial charge is 0.385 e. The van der Waals surface area contributed by atoms with Crippen LogP contribution in [-0.2, 0) is 25.7 Å². The summed E-state index contributed by atoms with van der Waals surface area (Å²) in [5, 5.41) is 13.0. The second kappa shape index (κ2) is 8.05. The molecular formula is C24H23N3. The van der Waals surface area contributed by atoms with Gasteiger partial charge in [-0.15, -0.1) is 0 Å². The number of fused-ring (bicyclic) bond motifs is 2. The molecule has 3 aromatic rings. The molecule has 1 aliphatic carbocycles. The van der Waals surface area contributed by atoms with Crippen molar-refractivity contribution in [2.45, 2.75) is 32.1 Å². The van der Waals surface area contributed by atoms with Gasteiger partial charge in [-0.25, -0.2) is 0 Å². The van der Waals surface area contributed by atoms with Crippen molar-refractivity contribution in [3.05, 3.63) is 94.3 Å². The van der Waals surface area contributed by atoms with Crippen molar-refractivity contribution in [2.24, 2.45) is 0 Å². The van der Waals surface area contributed by atoms with Crippen LogP contribution in [0, 0.1) is 11.3 Å². The maximum atomic E-state index is 9.42. The summed E-state index contributed by atoms with van der Waals surface area (Å²) < 4.78 is 0. The number of anilines is 1. The lowest BCUT2D eigenvalue weighted by molar-refractivity contribution is 0.858. The van der Waals surface area contributed by atoms with Crippen molar-refractivity contribution in [1.82, 2.24) is 4.98 Å². The molecule has 1 N–H and O–H groups in total. The van der Waals surface area contributed by atoms with Crippen molar-refractivity contribution in [3.63, 3.8) is 0 Å². The number of rotatable bonds is 5.